The molecule has 0 aliphatic carbocycles. The number of hydrogen-bond acceptors (Lipinski definition) is 5. The van der Waals surface area contributed by atoms with Crippen LogP contribution in [0.2, 0.25) is 0 Å². The van der Waals surface area contributed by atoms with Gasteiger partial charge in [0.05, 0.1) is 17.0 Å². The summed E-state index contributed by atoms with van der Waals surface area (Å²) in [5.41, 5.74) is 0.639. The SMILES string of the molecule is Cc1ccc(-c2nnc(SCC(=O)Nc3ccccc3C(F)(F)F)n2N)cc1. The molecule has 2 aromatic carbocycles. The van der Waals surface area contributed by atoms with Gasteiger partial charge >= 0.3 is 6.18 Å². The van der Waals surface area contributed by atoms with Crippen LogP contribution >= 0.6 is 11.8 Å². The minimum absolute atomic E-state index is 0.171. The number of nitrogens with zero attached hydrogens (tertiary/aromatic N) is 3. The number of aromatic nitrogens is 3. The number of nitrogen functional groups attached to an aromatic ring is 1. The molecule has 0 atom stereocenters. The molecule has 1 heterocycles. The van der Waals surface area contributed by atoms with Crippen molar-refractivity contribution in [1.82, 2.24) is 14.9 Å². The molecule has 0 spiro atoms. The van der Waals surface area contributed by atoms with E-state index in [9.17, 15) is 18.0 Å². The van der Waals surface area contributed by atoms with Gasteiger partial charge in [0.15, 0.2) is 5.82 Å². The topological polar surface area (TPSA) is 85.8 Å². The molecule has 146 valence electrons. The maximum absolute atomic E-state index is 13.0. The van der Waals surface area contributed by atoms with Crippen LogP contribution in [0.4, 0.5) is 18.9 Å². The van der Waals surface area contributed by atoms with Crippen molar-refractivity contribution in [2.45, 2.75) is 18.3 Å². The Labute approximate surface area is 162 Å². The van der Waals surface area contributed by atoms with E-state index in [1.54, 1.807) is 0 Å². The van der Waals surface area contributed by atoms with E-state index in [-0.39, 0.29) is 16.6 Å². The maximum Gasteiger partial charge on any atom is 0.418 e. The van der Waals surface area contributed by atoms with Gasteiger partial charge in [0.1, 0.15) is 0 Å². The summed E-state index contributed by atoms with van der Waals surface area (Å²) in [6, 6.07) is 12.3. The highest BCUT2D eigenvalue weighted by atomic mass is 32.2. The molecule has 3 aromatic rings. The lowest BCUT2D eigenvalue weighted by molar-refractivity contribution is -0.137. The smallest absolute Gasteiger partial charge is 0.335 e. The third-order valence-corrected chi connectivity index (χ3v) is 4.76. The second-order valence-electron chi connectivity index (χ2n) is 5.92. The van der Waals surface area contributed by atoms with E-state index in [4.69, 9.17) is 5.84 Å². The Morgan fingerprint density at radius 1 is 1.14 bits per heavy atom. The molecule has 0 aliphatic heterocycles. The number of alkyl halides is 3. The molecular weight excluding hydrogens is 391 g/mol. The average Bonchev–Trinajstić information content (AvgIpc) is 3.01. The molecule has 6 nitrogen and oxygen atoms in total. The predicted octanol–water partition coefficient (Wildman–Crippen LogP) is 3.72. The summed E-state index contributed by atoms with van der Waals surface area (Å²) in [6.07, 6.45) is -4.56. The zero-order chi connectivity index (χ0) is 20.3. The second kappa shape index (κ2) is 7.93. The van der Waals surface area contributed by atoms with Gasteiger partial charge in [0, 0.05) is 5.56 Å². The van der Waals surface area contributed by atoms with Gasteiger partial charge in [-0.15, -0.1) is 10.2 Å². The van der Waals surface area contributed by atoms with E-state index < -0.39 is 17.6 Å². The quantitative estimate of drug-likeness (QED) is 0.497. The van der Waals surface area contributed by atoms with Crippen LogP contribution < -0.4 is 11.2 Å². The number of benzene rings is 2. The normalized spacial score (nSPS) is 11.4. The van der Waals surface area contributed by atoms with Crippen LogP contribution in [0.15, 0.2) is 53.7 Å². The zero-order valence-electron chi connectivity index (χ0n) is 14.7. The standard InChI is InChI=1S/C18H16F3N5OS/c1-11-6-8-12(9-7-11)16-24-25-17(26(16)22)28-10-15(27)23-14-5-3-2-4-13(14)18(19,20)21/h2-9H,10,22H2,1H3,(H,23,27). The van der Waals surface area contributed by atoms with Crippen LogP contribution in [0, 0.1) is 6.92 Å². The fourth-order valence-corrected chi connectivity index (χ4v) is 3.09. The number of carbonyl (C=O) groups is 1. The number of halogens is 3. The van der Waals surface area contributed by atoms with Crippen LogP contribution in [0.1, 0.15) is 11.1 Å². The number of anilines is 1. The highest BCUT2D eigenvalue weighted by Gasteiger charge is 2.33. The van der Waals surface area contributed by atoms with Gasteiger partial charge in [-0.1, -0.05) is 53.7 Å². The van der Waals surface area contributed by atoms with Crippen LogP contribution in [-0.4, -0.2) is 26.5 Å². The van der Waals surface area contributed by atoms with Crippen molar-refractivity contribution in [2.24, 2.45) is 0 Å². The first-order chi connectivity index (χ1) is 13.3. The van der Waals surface area contributed by atoms with Crippen LogP contribution in [-0.2, 0) is 11.0 Å². The Hall–Kier alpha value is -3.01. The van der Waals surface area contributed by atoms with Gasteiger partial charge in [0.25, 0.3) is 0 Å². The number of rotatable bonds is 5. The van der Waals surface area contributed by atoms with Crippen molar-refractivity contribution in [3.63, 3.8) is 0 Å². The minimum Gasteiger partial charge on any atom is -0.335 e. The number of aryl methyl sites for hydroxylation is 1. The molecule has 0 unspecified atom stereocenters. The number of nitrogens with one attached hydrogen (secondary N) is 1. The third kappa shape index (κ3) is 4.45. The largest absolute Gasteiger partial charge is 0.418 e. The molecule has 0 saturated carbocycles. The lowest BCUT2D eigenvalue weighted by Crippen LogP contribution is -2.19. The number of para-hydroxylation sites is 1. The summed E-state index contributed by atoms with van der Waals surface area (Å²) < 4.78 is 40.2. The van der Waals surface area contributed by atoms with E-state index in [0.29, 0.717) is 5.82 Å². The fourth-order valence-electron chi connectivity index (χ4n) is 2.43. The molecule has 1 aromatic heterocycles. The van der Waals surface area contributed by atoms with Gasteiger partial charge in [-0.3, -0.25) is 4.79 Å². The molecule has 1 amide bonds. The zero-order valence-corrected chi connectivity index (χ0v) is 15.5. The lowest BCUT2D eigenvalue weighted by Gasteiger charge is -2.13. The van der Waals surface area contributed by atoms with Crippen molar-refractivity contribution < 1.29 is 18.0 Å². The van der Waals surface area contributed by atoms with E-state index in [2.05, 4.69) is 15.5 Å². The monoisotopic (exact) mass is 407 g/mol. The average molecular weight is 407 g/mol. The highest BCUT2D eigenvalue weighted by molar-refractivity contribution is 7.99. The molecule has 0 bridgehead atoms. The molecule has 10 heteroatoms. The summed E-state index contributed by atoms with van der Waals surface area (Å²) in [5, 5.41) is 10.5. The van der Waals surface area contributed by atoms with E-state index in [1.807, 2.05) is 31.2 Å². The number of hydrogen-bond donors (Lipinski definition) is 2. The third-order valence-electron chi connectivity index (χ3n) is 3.81. The Morgan fingerprint density at radius 2 is 1.82 bits per heavy atom. The first-order valence-corrected chi connectivity index (χ1v) is 9.10. The number of carbonyl (C=O) groups excluding carboxylic acids is 1. The van der Waals surface area contributed by atoms with Crippen molar-refractivity contribution in [2.75, 3.05) is 16.9 Å². The molecule has 0 radical (unpaired) electrons. The summed E-state index contributed by atoms with van der Waals surface area (Å²) in [5.74, 6) is 5.62. The molecule has 3 rings (SSSR count). The molecule has 28 heavy (non-hydrogen) atoms. The number of amides is 1. The number of thioether (sulfide) groups is 1. The van der Waals surface area contributed by atoms with Crippen LogP contribution in [0.5, 0.6) is 0 Å². The van der Waals surface area contributed by atoms with Gasteiger partial charge < -0.3 is 11.2 Å². The Bertz CT molecular complexity index is 986. The lowest BCUT2D eigenvalue weighted by atomic mass is 10.1. The fraction of sp³-hybridized carbons (Fsp3) is 0.167. The van der Waals surface area contributed by atoms with E-state index in [0.717, 1.165) is 29.0 Å². The van der Waals surface area contributed by atoms with E-state index in [1.165, 1.54) is 22.9 Å². The first-order valence-electron chi connectivity index (χ1n) is 8.12. The van der Waals surface area contributed by atoms with Crippen LogP contribution in [0.25, 0.3) is 11.4 Å². The Balaban J connectivity index is 1.67. The molecule has 0 fully saturated rings. The molecule has 3 N–H and O–H groups in total. The van der Waals surface area contributed by atoms with Crippen molar-refractivity contribution in [3.8, 4) is 11.4 Å². The van der Waals surface area contributed by atoms with Gasteiger partial charge in [-0.25, -0.2) is 4.68 Å². The summed E-state index contributed by atoms with van der Waals surface area (Å²) >= 11 is 0.977. The highest BCUT2D eigenvalue weighted by Crippen LogP contribution is 2.34. The maximum atomic E-state index is 13.0. The predicted molar refractivity (Wildman–Crippen MR) is 101 cm³/mol. The van der Waals surface area contributed by atoms with Gasteiger partial charge in [0.2, 0.25) is 11.1 Å². The second-order valence-corrected chi connectivity index (χ2v) is 6.86. The van der Waals surface area contributed by atoms with Crippen molar-refractivity contribution in [1.29, 1.82) is 0 Å². The minimum atomic E-state index is -4.56. The first kappa shape index (κ1) is 19.7. The number of nitrogens with two attached hydrogens (primary N) is 1. The van der Waals surface area contributed by atoms with E-state index >= 15 is 0 Å². The van der Waals surface area contributed by atoms with Crippen molar-refractivity contribution >= 4 is 23.4 Å². The van der Waals surface area contributed by atoms with Gasteiger partial charge in [-0.05, 0) is 19.1 Å². The molecular formula is C18H16F3N5OS. The Morgan fingerprint density at radius 3 is 2.50 bits per heavy atom. The van der Waals surface area contributed by atoms with Crippen molar-refractivity contribution in [3.05, 3.63) is 59.7 Å². The Kier molecular flexibility index (Phi) is 5.59. The summed E-state index contributed by atoms with van der Waals surface area (Å²) in [7, 11) is 0. The summed E-state index contributed by atoms with van der Waals surface area (Å²) in [6.45, 7) is 1.95. The van der Waals surface area contributed by atoms with Gasteiger partial charge in [-0.2, -0.15) is 13.2 Å². The summed E-state index contributed by atoms with van der Waals surface area (Å²) in [4.78, 5) is 12.1. The molecule has 0 aliphatic rings. The molecule has 0 saturated heterocycles. The van der Waals surface area contributed by atoms with Crippen LogP contribution in [0.3, 0.4) is 0 Å².